The lowest BCUT2D eigenvalue weighted by molar-refractivity contribution is -0.146. The summed E-state index contributed by atoms with van der Waals surface area (Å²) < 4.78 is 5.80. The van der Waals surface area contributed by atoms with Crippen LogP contribution in [-0.2, 0) is 28.7 Å². The van der Waals surface area contributed by atoms with Gasteiger partial charge in [-0.15, -0.1) is 0 Å². The van der Waals surface area contributed by atoms with Gasteiger partial charge in [-0.1, -0.05) is 74.1 Å². The number of morpholine rings is 1. The van der Waals surface area contributed by atoms with E-state index in [1.165, 1.54) is 0 Å². The number of hydrogen-bond acceptors (Lipinski definition) is 7. The van der Waals surface area contributed by atoms with E-state index in [1.807, 2.05) is 48.5 Å². The van der Waals surface area contributed by atoms with E-state index in [0.29, 0.717) is 38.4 Å². The van der Waals surface area contributed by atoms with E-state index in [2.05, 4.69) is 29.8 Å². The van der Waals surface area contributed by atoms with Crippen LogP contribution < -0.4 is 21.7 Å². The van der Waals surface area contributed by atoms with E-state index in [4.69, 9.17) is 10.5 Å². The Labute approximate surface area is 304 Å². The summed E-state index contributed by atoms with van der Waals surface area (Å²) in [5.41, 5.74) is 4.47. The number of nitrogens with zero attached hydrogens (tertiary/aromatic N) is 2. The number of primary amides is 1. The molecule has 2 saturated carbocycles. The van der Waals surface area contributed by atoms with Gasteiger partial charge in [0.1, 0.15) is 18.1 Å². The SMILES string of the molecule is CC(C)C(NC(=O)N[C@@H](C(=O)N1CC(C(C)(C)C2CCC2)CC1C(=O)NC(CC1CCC1)C(=O)C(N)=O)C(C)(C)C)C(=O)N1C[C@@H](C)O[C@@H](C)C1. The van der Waals surface area contributed by atoms with E-state index in [1.54, 1.807) is 9.80 Å². The molecular formula is C38H64N6O7. The minimum absolute atomic E-state index is 0.00452. The molecule has 0 radical (unpaired) electrons. The molecular weight excluding hydrogens is 652 g/mol. The van der Waals surface area contributed by atoms with Crippen LogP contribution in [0, 0.1) is 34.5 Å². The van der Waals surface area contributed by atoms with Crippen molar-refractivity contribution < 1.29 is 33.5 Å². The fraction of sp³-hybridized carbons (Fsp3) is 0.842. The molecule has 13 nitrogen and oxygen atoms in total. The summed E-state index contributed by atoms with van der Waals surface area (Å²) in [5, 5.41) is 8.56. The van der Waals surface area contributed by atoms with Crippen LogP contribution in [0.15, 0.2) is 0 Å². The van der Waals surface area contributed by atoms with Gasteiger partial charge in [-0.05, 0) is 74.0 Å². The smallest absolute Gasteiger partial charge is 0.316 e. The first-order valence-electron chi connectivity index (χ1n) is 19.2. The normalized spacial score (nSPS) is 26.4. The van der Waals surface area contributed by atoms with E-state index in [9.17, 15) is 28.8 Å². The molecule has 13 heteroatoms. The Kier molecular flexibility index (Phi) is 12.9. The number of likely N-dealkylation sites (tertiary alicyclic amines) is 1. The molecule has 51 heavy (non-hydrogen) atoms. The highest BCUT2D eigenvalue weighted by molar-refractivity contribution is 6.37. The third kappa shape index (κ3) is 9.61. The Bertz CT molecular complexity index is 1310. The highest BCUT2D eigenvalue weighted by Gasteiger charge is 2.51. The van der Waals surface area contributed by atoms with Crippen molar-refractivity contribution in [1.82, 2.24) is 25.8 Å². The average molecular weight is 717 g/mol. The van der Waals surface area contributed by atoms with Gasteiger partial charge in [0.2, 0.25) is 23.5 Å². The van der Waals surface area contributed by atoms with Gasteiger partial charge in [0.25, 0.3) is 5.91 Å². The molecule has 6 amide bonds. The van der Waals surface area contributed by atoms with Crippen molar-refractivity contribution in [1.29, 1.82) is 0 Å². The zero-order valence-corrected chi connectivity index (χ0v) is 32.4. The van der Waals surface area contributed by atoms with Crippen molar-refractivity contribution >= 4 is 35.4 Å². The summed E-state index contributed by atoms with van der Waals surface area (Å²) in [6.45, 7) is 18.6. The third-order valence-electron chi connectivity index (χ3n) is 12.1. The quantitative estimate of drug-likeness (QED) is 0.211. The summed E-state index contributed by atoms with van der Waals surface area (Å²) in [7, 11) is 0. The van der Waals surface area contributed by atoms with E-state index < -0.39 is 59.1 Å². The fourth-order valence-corrected chi connectivity index (χ4v) is 8.28. The van der Waals surface area contributed by atoms with Crippen molar-refractivity contribution in [3.63, 3.8) is 0 Å². The van der Waals surface area contributed by atoms with Crippen LogP contribution in [-0.4, -0.2) is 101 Å². The van der Waals surface area contributed by atoms with Gasteiger partial charge >= 0.3 is 6.03 Å². The first kappa shape index (κ1) is 40.5. The molecule has 2 aliphatic carbocycles. The maximum absolute atomic E-state index is 14.7. The predicted molar refractivity (Wildman–Crippen MR) is 193 cm³/mol. The van der Waals surface area contributed by atoms with Crippen LogP contribution in [0.2, 0.25) is 0 Å². The molecule has 2 aliphatic heterocycles. The molecule has 4 aliphatic rings. The fourth-order valence-electron chi connectivity index (χ4n) is 8.28. The Balaban J connectivity index is 1.56. The van der Waals surface area contributed by atoms with Crippen molar-refractivity contribution in [2.24, 2.45) is 40.2 Å². The van der Waals surface area contributed by atoms with Crippen molar-refractivity contribution in [2.75, 3.05) is 19.6 Å². The zero-order chi connectivity index (χ0) is 38.0. The van der Waals surface area contributed by atoms with Crippen LogP contribution in [0.3, 0.4) is 0 Å². The lowest BCUT2D eigenvalue weighted by atomic mass is 9.61. The van der Waals surface area contributed by atoms with Crippen LogP contribution in [0.4, 0.5) is 4.79 Å². The minimum Gasteiger partial charge on any atom is -0.372 e. The first-order chi connectivity index (χ1) is 23.7. The molecule has 7 atom stereocenters. The summed E-state index contributed by atoms with van der Waals surface area (Å²) >= 11 is 0. The highest BCUT2D eigenvalue weighted by atomic mass is 16.5. The van der Waals surface area contributed by atoms with E-state index >= 15 is 0 Å². The second-order valence-corrected chi connectivity index (χ2v) is 17.8. The zero-order valence-electron chi connectivity index (χ0n) is 32.4. The lowest BCUT2D eigenvalue weighted by Gasteiger charge is -2.44. The molecule has 0 aromatic heterocycles. The Hall–Kier alpha value is -3.22. The van der Waals surface area contributed by atoms with Gasteiger partial charge in [-0.3, -0.25) is 24.0 Å². The number of rotatable bonds is 13. The molecule has 2 heterocycles. The van der Waals surface area contributed by atoms with Gasteiger partial charge in [0.15, 0.2) is 0 Å². The summed E-state index contributed by atoms with van der Waals surface area (Å²) in [6.07, 6.45) is 6.66. The van der Waals surface area contributed by atoms with Crippen LogP contribution in [0.1, 0.15) is 114 Å². The number of amides is 6. The molecule has 0 bridgehead atoms. The lowest BCUT2D eigenvalue weighted by Crippen LogP contribution is -2.62. The largest absolute Gasteiger partial charge is 0.372 e. The number of nitrogens with one attached hydrogen (secondary N) is 3. The minimum atomic E-state index is -1.10. The van der Waals surface area contributed by atoms with Gasteiger partial charge in [-0.2, -0.15) is 0 Å². The van der Waals surface area contributed by atoms with Gasteiger partial charge in [0, 0.05) is 19.6 Å². The average Bonchev–Trinajstić information content (AvgIpc) is 3.43. The number of carbonyl (C=O) groups is 6. The molecule has 0 aromatic rings. The molecule has 4 rings (SSSR count). The molecule has 0 aromatic carbocycles. The number of Topliss-reactive ketones (excluding diaryl/α,β-unsaturated/α-hetero) is 1. The summed E-state index contributed by atoms with van der Waals surface area (Å²) in [6, 6.07) is -4.48. The predicted octanol–water partition coefficient (Wildman–Crippen LogP) is 3.13. The van der Waals surface area contributed by atoms with Crippen molar-refractivity contribution in [2.45, 2.75) is 150 Å². The second kappa shape index (κ2) is 16.2. The number of nitrogens with two attached hydrogens (primary N) is 1. The van der Waals surface area contributed by atoms with Crippen molar-refractivity contribution in [3.05, 3.63) is 0 Å². The highest BCUT2D eigenvalue weighted by Crippen LogP contribution is 2.50. The maximum atomic E-state index is 14.7. The number of hydrogen-bond donors (Lipinski definition) is 4. The molecule has 288 valence electrons. The Morgan fingerprint density at radius 1 is 0.804 bits per heavy atom. The van der Waals surface area contributed by atoms with Crippen LogP contribution >= 0.6 is 0 Å². The first-order valence-corrected chi connectivity index (χ1v) is 19.2. The standard InChI is InChI=1S/C38H64N6O7/c1-21(2)29(34(48)43-18-22(3)51-23(4)19-43)41-36(50)42-31(37(5,6)7)35(49)44-20-26(38(8,9)25-14-11-15-25)17-28(44)33(47)40-27(30(45)32(39)46)16-24-12-10-13-24/h21-29,31H,10-20H2,1-9H3,(H2,39,46)(H,40,47)(H2,41,42,50)/t22-,23+,26?,27?,28?,29?,31-/m0/s1. The second-order valence-electron chi connectivity index (χ2n) is 17.8. The number of ketones is 1. The molecule has 0 spiro atoms. The topological polar surface area (TPSA) is 180 Å². The monoisotopic (exact) mass is 716 g/mol. The summed E-state index contributed by atoms with van der Waals surface area (Å²) in [4.78, 5) is 84.3. The van der Waals surface area contributed by atoms with Gasteiger partial charge < -0.3 is 36.2 Å². The maximum Gasteiger partial charge on any atom is 0.316 e. The number of ether oxygens (including phenoxy) is 1. The summed E-state index contributed by atoms with van der Waals surface area (Å²) in [5.74, 6) is -2.59. The van der Waals surface area contributed by atoms with Gasteiger partial charge in [0.05, 0.1) is 18.2 Å². The molecule has 5 N–H and O–H groups in total. The van der Waals surface area contributed by atoms with Crippen LogP contribution in [0.25, 0.3) is 0 Å². The van der Waals surface area contributed by atoms with Crippen molar-refractivity contribution in [3.8, 4) is 0 Å². The van der Waals surface area contributed by atoms with Gasteiger partial charge in [-0.25, -0.2) is 4.79 Å². The Morgan fingerprint density at radius 2 is 1.39 bits per heavy atom. The molecule has 2 saturated heterocycles. The molecule has 4 fully saturated rings. The van der Waals surface area contributed by atoms with E-state index in [-0.39, 0.29) is 41.3 Å². The third-order valence-corrected chi connectivity index (χ3v) is 12.1. The Morgan fingerprint density at radius 3 is 1.86 bits per heavy atom. The number of urea groups is 1. The number of carbonyl (C=O) groups excluding carboxylic acids is 6. The van der Waals surface area contributed by atoms with E-state index in [0.717, 1.165) is 38.5 Å². The molecule has 4 unspecified atom stereocenters. The van der Waals surface area contributed by atoms with Crippen LogP contribution in [0.5, 0.6) is 0 Å².